The molecule has 1 aromatic carbocycles. The van der Waals surface area contributed by atoms with Crippen LogP contribution in [0.5, 0.6) is 5.75 Å². The van der Waals surface area contributed by atoms with Crippen molar-refractivity contribution in [3.8, 4) is 5.75 Å². The van der Waals surface area contributed by atoms with Crippen LogP contribution in [0, 0.1) is 0 Å². The number of hydrogen-bond acceptors (Lipinski definition) is 6. The monoisotopic (exact) mass is 367 g/mol. The average molecular weight is 367 g/mol. The normalized spacial score (nSPS) is 16.0. The van der Waals surface area contributed by atoms with Gasteiger partial charge >= 0.3 is 0 Å². The van der Waals surface area contributed by atoms with Gasteiger partial charge in [-0.25, -0.2) is 8.42 Å². The lowest BCUT2D eigenvalue weighted by atomic mass is 10.3. The van der Waals surface area contributed by atoms with E-state index in [-0.39, 0.29) is 17.3 Å². The highest BCUT2D eigenvalue weighted by Gasteiger charge is 2.26. The van der Waals surface area contributed by atoms with Gasteiger partial charge in [0.25, 0.3) is 0 Å². The van der Waals surface area contributed by atoms with Crippen LogP contribution >= 0.6 is 11.3 Å². The first kappa shape index (κ1) is 17.1. The van der Waals surface area contributed by atoms with E-state index in [9.17, 15) is 13.2 Å². The summed E-state index contributed by atoms with van der Waals surface area (Å²) >= 11 is 1.36. The standard InChI is InChI=1S/C16H17NO5S2/c18-15(16-2-1-11-23-16)12-22-13-3-5-14(6-4-13)24(19,20)17-7-9-21-10-8-17/h1-6,11H,7-10,12H2. The number of morpholine rings is 1. The van der Waals surface area contributed by atoms with E-state index in [1.807, 2.05) is 11.4 Å². The fraction of sp³-hybridized carbons (Fsp3) is 0.312. The van der Waals surface area contributed by atoms with Crippen LogP contribution < -0.4 is 4.74 Å². The Hall–Kier alpha value is -1.74. The number of ketones is 1. The number of benzene rings is 1. The first-order chi connectivity index (χ1) is 11.6. The van der Waals surface area contributed by atoms with Crippen LogP contribution in [0.4, 0.5) is 0 Å². The highest BCUT2D eigenvalue weighted by molar-refractivity contribution is 7.89. The molecular formula is C16H17NO5S2. The Morgan fingerprint density at radius 2 is 1.88 bits per heavy atom. The molecule has 2 aromatic rings. The van der Waals surface area contributed by atoms with Crippen LogP contribution in [-0.4, -0.2) is 51.4 Å². The zero-order valence-electron chi connectivity index (χ0n) is 12.9. The summed E-state index contributed by atoms with van der Waals surface area (Å²) in [6, 6.07) is 9.67. The molecule has 0 atom stereocenters. The molecule has 3 rings (SSSR count). The predicted molar refractivity (Wildman–Crippen MR) is 90.2 cm³/mol. The minimum absolute atomic E-state index is 0.0733. The van der Waals surface area contributed by atoms with Crippen molar-refractivity contribution in [2.24, 2.45) is 0 Å². The molecule has 1 aromatic heterocycles. The van der Waals surface area contributed by atoms with E-state index in [0.29, 0.717) is 36.9 Å². The van der Waals surface area contributed by atoms with Gasteiger partial charge in [0.1, 0.15) is 5.75 Å². The number of carbonyl (C=O) groups is 1. The van der Waals surface area contributed by atoms with Crippen LogP contribution in [-0.2, 0) is 14.8 Å². The van der Waals surface area contributed by atoms with E-state index in [2.05, 4.69) is 0 Å². The van der Waals surface area contributed by atoms with Crippen molar-refractivity contribution < 1.29 is 22.7 Å². The van der Waals surface area contributed by atoms with Crippen molar-refractivity contribution in [3.63, 3.8) is 0 Å². The third-order valence-electron chi connectivity index (χ3n) is 3.60. The largest absolute Gasteiger partial charge is 0.485 e. The van der Waals surface area contributed by atoms with E-state index in [4.69, 9.17) is 9.47 Å². The minimum atomic E-state index is -3.51. The van der Waals surface area contributed by atoms with Crippen LogP contribution in [0.3, 0.4) is 0 Å². The molecule has 1 aliphatic heterocycles. The van der Waals surface area contributed by atoms with Crippen LogP contribution in [0.15, 0.2) is 46.7 Å². The summed E-state index contributed by atoms with van der Waals surface area (Å²) in [6.45, 7) is 1.46. The van der Waals surface area contributed by atoms with Gasteiger partial charge in [-0.05, 0) is 35.7 Å². The lowest BCUT2D eigenvalue weighted by Gasteiger charge is -2.26. The lowest BCUT2D eigenvalue weighted by Crippen LogP contribution is -2.40. The molecular weight excluding hydrogens is 350 g/mol. The summed E-state index contributed by atoms with van der Waals surface area (Å²) in [4.78, 5) is 12.7. The number of ether oxygens (including phenoxy) is 2. The predicted octanol–water partition coefficient (Wildman–Crippen LogP) is 2.03. The Morgan fingerprint density at radius 3 is 2.50 bits per heavy atom. The smallest absolute Gasteiger partial charge is 0.243 e. The van der Waals surface area contributed by atoms with Gasteiger partial charge in [-0.3, -0.25) is 4.79 Å². The Bertz CT molecular complexity index is 778. The number of hydrogen-bond donors (Lipinski definition) is 0. The molecule has 0 spiro atoms. The molecule has 2 heterocycles. The van der Waals surface area contributed by atoms with Gasteiger partial charge in [-0.1, -0.05) is 6.07 Å². The third kappa shape index (κ3) is 3.84. The number of Topliss-reactive ketones (excluding diaryl/α,β-unsaturated/α-hetero) is 1. The second kappa shape index (κ2) is 7.43. The van der Waals surface area contributed by atoms with Crippen LogP contribution in [0.1, 0.15) is 9.67 Å². The van der Waals surface area contributed by atoms with Crippen LogP contribution in [0.25, 0.3) is 0 Å². The van der Waals surface area contributed by atoms with E-state index < -0.39 is 10.0 Å². The SMILES string of the molecule is O=C(COc1ccc(S(=O)(=O)N2CCOCC2)cc1)c1cccs1. The molecule has 128 valence electrons. The first-order valence-electron chi connectivity index (χ1n) is 7.45. The third-order valence-corrected chi connectivity index (χ3v) is 6.42. The summed E-state index contributed by atoms with van der Waals surface area (Å²) in [5.41, 5.74) is 0. The molecule has 6 nitrogen and oxygen atoms in total. The van der Waals surface area contributed by atoms with Gasteiger partial charge in [-0.15, -0.1) is 11.3 Å². The second-order valence-corrected chi connectivity index (χ2v) is 8.06. The Morgan fingerprint density at radius 1 is 1.17 bits per heavy atom. The van der Waals surface area contributed by atoms with E-state index >= 15 is 0 Å². The number of carbonyl (C=O) groups excluding carboxylic acids is 1. The fourth-order valence-electron chi connectivity index (χ4n) is 2.30. The van der Waals surface area contributed by atoms with Crippen molar-refractivity contribution in [1.29, 1.82) is 0 Å². The Kier molecular flexibility index (Phi) is 5.30. The number of thiophene rings is 1. The molecule has 0 amide bonds. The van der Waals surface area contributed by atoms with Gasteiger partial charge in [-0.2, -0.15) is 4.31 Å². The zero-order valence-corrected chi connectivity index (χ0v) is 14.5. The minimum Gasteiger partial charge on any atom is -0.485 e. The zero-order chi connectivity index (χ0) is 17.0. The topological polar surface area (TPSA) is 72.9 Å². The van der Waals surface area contributed by atoms with E-state index in [0.717, 1.165) is 0 Å². The van der Waals surface area contributed by atoms with Gasteiger partial charge in [0, 0.05) is 13.1 Å². The quantitative estimate of drug-likeness (QED) is 0.731. The van der Waals surface area contributed by atoms with Gasteiger partial charge < -0.3 is 9.47 Å². The Balaban J connectivity index is 1.63. The summed E-state index contributed by atoms with van der Waals surface area (Å²) in [5.74, 6) is 0.357. The van der Waals surface area contributed by atoms with Crippen molar-refractivity contribution in [1.82, 2.24) is 4.31 Å². The summed E-state index contributed by atoms with van der Waals surface area (Å²) < 4.78 is 37.0. The Labute approximate surface area is 144 Å². The second-order valence-electron chi connectivity index (χ2n) is 5.18. The number of rotatable bonds is 6. The highest BCUT2D eigenvalue weighted by atomic mass is 32.2. The van der Waals surface area contributed by atoms with Gasteiger partial charge in [0.05, 0.1) is 23.0 Å². The molecule has 1 fully saturated rings. The van der Waals surface area contributed by atoms with Gasteiger partial charge in [0.15, 0.2) is 6.61 Å². The van der Waals surface area contributed by atoms with Crippen molar-refractivity contribution in [3.05, 3.63) is 46.7 Å². The lowest BCUT2D eigenvalue weighted by molar-refractivity contribution is 0.0730. The number of nitrogens with zero attached hydrogens (tertiary/aromatic N) is 1. The molecule has 1 aliphatic rings. The molecule has 8 heteroatoms. The maximum absolute atomic E-state index is 12.5. The summed E-state index contributed by atoms with van der Waals surface area (Å²) in [7, 11) is -3.51. The maximum atomic E-state index is 12.5. The molecule has 24 heavy (non-hydrogen) atoms. The molecule has 1 saturated heterocycles. The average Bonchev–Trinajstić information content (AvgIpc) is 3.15. The van der Waals surface area contributed by atoms with Crippen molar-refractivity contribution >= 4 is 27.1 Å². The highest BCUT2D eigenvalue weighted by Crippen LogP contribution is 2.21. The first-order valence-corrected chi connectivity index (χ1v) is 9.77. The molecule has 0 N–H and O–H groups in total. The summed E-state index contributed by atoms with van der Waals surface area (Å²) in [6.07, 6.45) is 0. The van der Waals surface area contributed by atoms with E-state index in [1.165, 1.54) is 27.8 Å². The fourth-order valence-corrected chi connectivity index (χ4v) is 4.36. The van der Waals surface area contributed by atoms with Gasteiger partial charge in [0.2, 0.25) is 15.8 Å². The molecule has 0 bridgehead atoms. The number of sulfonamides is 1. The molecule has 0 aliphatic carbocycles. The van der Waals surface area contributed by atoms with Crippen molar-refractivity contribution in [2.75, 3.05) is 32.9 Å². The van der Waals surface area contributed by atoms with Crippen molar-refractivity contribution in [2.45, 2.75) is 4.90 Å². The van der Waals surface area contributed by atoms with E-state index in [1.54, 1.807) is 18.2 Å². The summed E-state index contributed by atoms with van der Waals surface area (Å²) in [5, 5.41) is 1.83. The maximum Gasteiger partial charge on any atom is 0.243 e. The molecule has 0 saturated carbocycles. The van der Waals surface area contributed by atoms with Crippen LogP contribution in [0.2, 0.25) is 0 Å². The molecule has 0 radical (unpaired) electrons. The molecule has 0 unspecified atom stereocenters.